The second kappa shape index (κ2) is 5.98. The van der Waals surface area contributed by atoms with Crippen LogP contribution in [0.15, 0.2) is 30.3 Å². The van der Waals surface area contributed by atoms with Gasteiger partial charge in [-0.05, 0) is 37.5 Å². The van der Waals surface area contributed by atoms with E-state index in [1.165, 1.54) is 6.42 Å². The van der Waals surface area contributed by atoms with Gasteiger partial charge in [0.25, 0.3) is 5.91 Å². The average Bonchev–Trinajstić information content (AvgIpc) is 3.14. The number of benzene rings is 1. The number of hydrogen-bond acceptors (Lipinski definition) is 3. The van der Waals surface area contributed by atoms with Crippen molar-refractivity contribution in [3.8, 4) is 11.3 Å². The molecule has 2 bridgehead atoms. The maximum absolute atomic E-state index is 12.7. The van der Waals surface area contributed by atoms with Crippen LogP contribution in [-0.4, -0.2) is 46.2 Å². The minimum Gasteiger partial charge on any atom is -0.336 e. The Kier molecular flexibility index (Phi) is 3.83. The molecule has 2 aliphatic heterocycles. The van der Waals surface area contributed by atoms with Crippen LogP contribution in [0.3, 0.4) is 0 Å². The van der Waals surface area contributed by atoms with Crippen molar-refractivity contribution in [2.24, 2.45) is 0 Å². The van der Waals surface area contributed by atoms with E-state index in [1.54, 1.807) is 0 Å². The molecule has 3 heterocycles. The lowest BCUT2D eigenvalue weighted by Crippen LogP contribution is -2.39. The third-order valence-electron chi connectivity index (χ3n) is 4.76. The summed E-state index contributed by atoms with van der Waals surface area (Å²) in [6.07, 6.45) is 3.42. The number of hydrogen-bond donors (Lipinski definition) is 2. The number of H-pyrrole nitrogens is 1. The van der Waals surface area contributed by atoms with E-state index in [-0.39, 0.29) is 5.91 Å². The van der Waals surface area contributed by atoms with Crippen LogP contribution in [-0.2, 0) is 0 Å². The maximum Gasteiger partial charge on any atom is 0.271 e. The van der Waals surface area contributed by atoms with Crippen molar-refractivity contribution in [1.29, 1.82) is 0 Å². The Balaban J connectivity index is 1.51. The predicted molar refractivity (Wildman–Crippen MR) is 89.5 cm³/mol. The van der Waals surface area contributed by atoms with E-state index in [2.05, 4.69) is 15.5 Å². The highest BCUT2D eigenvalue weighted by Gasteiger charge is 2.31. The number of likely N-dealkylation sites (tertiary alicyclic amines) is 1. The molecule has 4 rings (SSSR count). The minimum absolute atomic E-state index is 0.0343. The first kappa shape index (κ1) is 14.7. The van der Waals surface area contributed by atoms with Crippen molar-refractivity contribution in [3.63, 3.8) is 0 Å². The monoisotopic (exact) mass is 330 g/mol. The largest absolute Gasteiger partial charge is 0.336 e. The SMILES string of the molecule is O=C(c1cc(-c2ccc(Cl)cc2)n[nH]1)N1CCC2CCC(C1)N2. The molecular weight excluding hydrogens is 312 g/mol. The Bertz CT molecular complexity index is 712. The van der Waals surface area contributed by atoms with Gasteiger partial charge < -0.3 is 10.2 Å². The van der Waals surface area contributed by atoms with Gasteiger partial charge in [-0.15, -0.1) is 0 Å². The lowest BCUT2D eigenvalue weighted by molar-refractivity contribution is 0.0742. The number of aromatic amines is 1. The van der Waals surface area contributed by atoms with Gasteiger partial charge in [-0.3, -0.25) is 9.89 Å². The second-order valence-electron chi connectivity index (χ2n) is 6.35. The second-order valence-corrected chi connectivity index (χ2v) is 6.79. The minimum atomic E-state index is 0.0343. The summed E-state index contributed by atoms with van der Waals surface area (Å²) in [5.41, 5.74) is 2.26. The van der Waals surface area contributed by atoms with Crippen molar-refractivity contribution in [2.75, 3.05) is 13.1 Å². The van der Waals surface area contributed by atoms with Crippen LogP contribution >= 0.6 is 11.6 Å². The number of rotatable bonds is 2. The fraction of sp³-hybridized carbons (Fsp3) is 0.412. The van der Waals surface area contributed by atoms with Gasteiger partial charge in [0.2, 0.25) is 0 Å². The van der Waals surface area contributed by atoms with Gasteiger partial charge in [0.1, 0.15) is 5.69 Å². The number of halogens is 1. The molecule has 2 fully saturated rings. The maximum atomic E-state index is 12.7. The molecule has 0 saturated carbocycles. The van der Waals surface area contributed by atoms with E-state index in [0.717, 1.165) is 37.2 Å². The van der Waals surface area contributed by atoms with E-state index in [0.29, 0.717) is 22.8 Å². The standard InChI is InChI=1S/C17H19ClN4O/c18-12-3-1-11(2-4-12)15-9-16(21-20-15)17(23)22-8-7-13-5-6-14(10-22)19-13/h1-4,9,13-14,19H,5-8,10H2,(H,20,21). The molecule has 1 amide bonds. The highest BCUT2D eigenvalue weighted by atomic mass is 35.5. The summed E-state index contributed by atoms with van der Waals surface area (Å²) in [5, 5.41) is 11.4. The van der Waals surface area contributed by atoms with Crippen LogP contribution < -0.4 is 5.32 Å². The van der Waals surface area contributed by atoms with Crippen LogP contribution in [0.2, 0.25) is 5.02 Å². The molecule has 5 nitrogen and oxygen atoms in total. The first-order valence-electron chi connectivity index (χ1n) is 8.06. The third-order valence-corrected chi connectivity index (χ3v) is 5.01. The van der Waals surface area contributed by atoms with Gasteiger partial charge in [0.15, 0.2) is 0 Å². The van der Waals surface area contributed by atoms with Gasteiger partial charge >= 0.3 is 0 Å². The Morgan fingerprint density at radius 3 is 2.78 bits per heavy atom. The van der Waals surface area contributed by atoms with Crippen LogP contribution in [0.4, 0.5) is 0 Å². The molecule has 2 aliphatic rings. The molecule has 120 valence electrons. The van der Waals surface area contributed by atoms with Crippen molar-refractivity contribution >= 4 is 17.5 Å². The van der Waals surface area contributed by atoms with E-state index < -0.39 is 0 Å². The number of amides is 1. The summed E-state index contributed by atoms with van der Waals surface area (Å²) in [6, 6.07) is 10.3. The zero-order valence-electron chi connectivity index (χ0n) is 12.8. The molecule has 6 heteroatoms. The number of carbonyl (C=O) groups excluding carboxylic acids is 1. The summed E-state index contributed by atoms with van der Waals surface area (Å²) < 4.78 is 0. The van der Waals surface area contributed by atoms with E-state index in [4.69, 9.17) is 11.6 Å². The zero-order chi connectivity index (χ0) is 15.8. The predicted octanol–water partition coefficient (Wildman–Crippen LogP) is 2.70. The van der Waals surface area contributed by atoms with Crippen LogP contribution in [0.5, 0.6) is 0 Å². The highest BCUT2D eigenvalue weighted by molar-refractivity contribution is 6.30. The smallest absolute Gasteiger partial charge is 0.271 e. The van der Waals surface area contributed by atoms with E-state index in [1.807, 2.05) is 35.2 Å². The van der Waals surface area contributed by atoms with Gasteiger partial charge in [0, 0.05) is 35.8 Å². The lowest BCUT2D eigenvalue weighted by atomic mass is 10.1. The molecule has 2 saturated heterocycles. The number of carbonyl (C=O) groups is 1. The summed E-state index contributed by atoms with van der Waals surface area (Å²) in [4.78, 5) is 14.7. The van der Waals surface area contributed by atoms with Crippen molar-refractivity contribution in [3.05, 3.63) is 41.0 Å². The summed E-state index contributed by atoms with van der Waals surface area (Å²) in [5.74, 6) is 0.0343. The van der Waals surface area contributed by atoms with Gasteiger partial charge in [-0.25, -0.2) is 0 Å². The van der Waals surface area contributed by atoms with Crippen molar-refractivity contribution in [1.82, 2.24) is 20.4 Å². The molecule has 1 aromatic carbocycles. The average molecular weight is 331 g/mol. The van der Waals surface area contributed by atoms with Crippen molar-refractivity contribution < 1.29 is 4.79 Å². The topological polar surface area (TPSA) is 61.0 Å². The molecule has 2 aromatic rings. The first-order chi connectivity index (χ1) is 11.2. The fourth-order valence-electron chi connectivity index (χ4n) is 3.50. The molecule has 23 heavy (non-hydrogen) atoms. The Morgan fingerprint density at radius 2 is 1.96 bits per heavy atom. The normalized spacial score (nSPS) is 23.8. The molecular formula is C17H19ClN4O. The quantitative estimate of drug-likeness (QED) is 0.890. The number of nitrogens with one attached hydrogen (secondary N) is 2. The van der Waals surface area contributed by atoms with E-state index in [9.17, 15) is 4.79 Å². The van der Waals surface area contributed by atoms with Gasteiger partial charge in [-0.2, -0.15) is 5.10 Å². The Hall–Kier alpha value is -1.85. The summed E-state index contributed by atoms with van der Waals surface area (Å²) >= 11 is 5.91. The molecule has 2 N–H and O–H groups in total. The molecule has 1 aromatic heterocycles. The Morgan fingerprint density at radius 1 is 1.17 bits per heavy atom. The Labute approximate surface area is 140 Å². The fourth-order valence-corrected chi connectivity index (χ4v) is 3.62. The summed E-state index contributed by atoms with van der Waals surface area (Å²) in [6.45, 7) is 1.59. The third kappa shape index (κ3) is 2.99. The zero-order valence-corrected chi connectivity index (χ0v) is 13.5. The lowest BCUT2D eigenvalue weighted by Gasteiger charge is -2.23. The molecule has 2 unspecified atom stereocenters. The van der Waals surface area contributed by atoms with Gasteiger partial charge in [-0.1, -0.05) is 23.7 Å². The number of nitrogens with zero attached hydrogens (tertiary/aromatic N) is 2. The molecule has 0 radical (unpaired) electrons. The van der Waals surface area contributed by atoms with Crippen LogP contribution in [0.25, 0.3) is 11.3 Å². The number of aromatic nitrogens is 2. The van der Waals surface area contributed by atoms with Crippen molar-refractivity contribution in [2.45, 2.75) is 31.3 Å². The van der Waals surface area contributed by atoms with Gasteiger partial charge in [0.05, 0.1) is 5.69 Å². The van der Waals surface area contributed by atoms with Crippen LogP contribution in [0, 0.1) is 0 Å². The van der Waals surface area contributed by atoms with Crippen LogP contribution in [0.1, 0.15) is 29.8 Å². The first-order valence-corrected chi connectivity index (χ1v) is 8.43. The molecule has 0 aliphatic carbocycles. The highest BCUT2D eigenvalue weighted by Crippen LogP contribution is 2.23. The number of fused-ring (bicyclic) bond motifs is 2. The molecule has 2 atom stereocenters. The van der Waals surface area contributed by atoms with E-state index >= 15 is 0 Å². The summed E-state index contributed by atoms with van der Waals surface area (Å²) in [7, 11) is 0. The molecule has 0 spiro atoms.